The molecule has 0 spiro atoms. The normalized spacial score (nSPS) is 15.6. The molecule has 0 saturated heterocycles. The number of aromatic nitrogens is 6. The summed E-state index contributed by atoms with van der Waals surface area (Å²) in [6.45, 7) is 3.93. The first-order chi connectivity index (χ1) is 20.4. The van der Waals surface area contributed by atoms with E-state index < -0.39 is 17.8 Å². The van der Waals surface area contributed by atoms with E-state index in [0.717, 1.165) is 28.4 Å². The number of carbonyl (C=O) groups is 1. The van der Waals surface area contributed by atoms with Crippen LogP contribution >= 0.6 is 0 Å². The summed E-state index contributed by atoms with van der Waals surface area (Å²) in [5, 5.41) is 11.3. The summed E-state index contributed by atoms with van der Waals surface area (Å²) < 4.78 is 24.5. The third kappa shape index (κ3) is 3.87. The highest BCUT2D eigenvalue weighted by Gasteiger charge is 2.35. The number of para-hydroxylation sites is 1. The molecule has 42 heavy (non-hydrogen) atoms. The van der Waals surface area contributed by atoms with E-state index in [-0.39, 0.29) is 5.82 Å². The third-order valence-corrected chi connectivity index (χ3v) is 7.99. The van der Waals surface area contributed by atoms with E-state index in [1.165, 1.54) is 18.5 Å². The Bertz CT molecular complexity index is 2080. The molecule has 0 saturated carbocycles. The van der Waals surface area contributed by atoms with E-state index in [2.05, 4.69) is 15.1 Å². The maximum absolute atomic E-state index is 14.5. The van der Waals surface area contributed by atoms with Crippen LogP contribution in [0.1, 0.15) is 35.7 Å². The summed E-state index contributed by atoms with van der Waals surface area (Å²) in [6.07, 6.45) is 2.26. The highest BCUT2D eigenvalue weighted by atomic mass is 19.1. The number of nitrogens with two attached hydrogens (primary N) is 1. The quantitative estimate of drug-likeness (QED) is 0.267. The minimum Gasteiger partial charge on any atom is -0.459 e. The Morgan fingerprint density at radius 2 is 1.86 bits per heavy atom. The van der Waals surface area contributed by atoms with Crippen LogP contribution in [0.25, 0.3) is 38.8 Å². The number of anilines is 1. The number of halogens is 1. The molecule has 10 heteroatoms. The number of nitrogens with zero attached hydrogens (tertiary/aromatic N) is 6. The van der Waals surface area contributed by atoms with Gasteiger partial charge in [-0.1, -0.05) is 42.5 Å². The van der Waals surface area contributed by atoms with Crippen molar-refractivity contribution >= 4 is 39.6 Å². The van der Waals surface area contributed by atoms with Crippen molar-refractivity contribution in [2.75, 3.05) is 5.73 Å². The van der Waals surface area contributed by atoms with Crippen molar-refractivity contribution in [1.29, 1.82) is 0 Å². The molecule has 0 radical (unpaired) electrons. The molecule has 1 aliphatic rings. The monoisotopic (exact) mass is 559 g/mol. The average molecular weight is 560 g/mol. The van der Waals surface area contributed by atoms with Gasteiger partial charge in [-0.2, -0.15) is 10.2 Å². The predicted octanol–water partition coefficient (Wildman–Crippen LogP) is 5.76. The molecule has 4 heterocycles. The second-order valence-electron chi connectivity index (χ2n) is 10.4. The highest BCUT2D eigenvalue weighted by Crippen LogP contribution is 2.46. The van der Waals surface area contributed by atoms with Crippen LogP contribution in [-0.2, 0) is 11.8 Å². The second kappa shape index (κ2) is 9.62. The number of hydrogen-bond acceptors (Lipinski definition) is 7. The number of rotatable bonds is 5. The Labute approximate surface area is 240 Å². The van der Waals surface area contributed by atoms with Crippen LogP contribution in [0.5, 0.6) is 5.75 Å². The van der Waals surface area contributed by atoms with Crippen molar-refractivity contribution in [3.63, 3.8) is 0 Å². The molecule has 2 atom stereocenters. The summed E-state index contributed by atoms with van der Waals surface area (Å²) in [5.74, 6) is 0.206. The van der Waals surface area contributed by atoms with Gasteiger partial charge in [0.2, 0.25) is 0 Å². The van der Waals surface area contributed by atoms with E-state index in [1.807, 2.05) is 68.0 Å². The molecular formula is C32H26FN7O2. The highest BCUT2D eigenvalue weighted by molar-refractivity contribution is 6.00. The molecule has 3 aromatic heterocycles. The molecule has 2 unspecified atom stereocenters. The van der Waals surface area contributed by atoms with E-state index in [0.29, 0.717) is 44.9 Å². The van der Waals surface area contributed by atoms with Gasteiger partial charge in [-0.05, 0) is 43.7 Å². The Hall–Kier alpha value is -5.38. The third-order valence-electron chi connectivity index (χ3n) is 7.99. The van der Waals surface area contributed by atoms with Crippen LogP contribution in [0.15, 0.2) is 78.8 Å². The summed E-state index contributed by atoms with van der Waals surface area (Å²) in [6, 6.07) is 18.9. The van der Waals surface area contributed by atoms with Crippen molar-refractivity contribution in [2.24, 2.45) is 7.05 Å². The molecule has 0 fully saturated rings. The molecule has 2 N–H and O–H groups in total. The van der Waals surface area contributed by atoms with E-state index in [4.69, 9.17) is 15.6 Å². The summed E-state index contributed by atoms with van der Waals surface area (Å²) in [5.41, 5.74) is 12.0. The maximum Gasteiger partial charge on any atom is 0.164 e. The van der Waals surface area contributed by atoms with Gasteiger partial charge in [-0.15, -0.1) is 0 Å². The van der Waals surface area contributed by atoms with Gasteiger partial charge >= 0.3 is 0 Å². The fourth-order valence-corrected chi connectivity index (χ4v) is 5.80. The van der Waals surface area contributed by atoms with Gasteiger partial charge < -0.3 is 15.3 Å². The number of fused-ring (bicyclic) bond motifs is 3. The number of nitrogen functional groups attached to an aromatic ring is 1. The molecule has 9 nitrogen and oxygen atoms in total. The molecule has 0 bridgehead atoms. The summed E-state index contributed by atoms with van der Waals surface area (Å²) >= 11 is 0. The molecule has 0 aliphatic carbocycles. The smallest absolute Gasteiger partial charge is 0.164 e. The standard InChI is InChI=1S/C32H26FN7O2/c1-17-22-12-11-20(14-25(22)37-39(17)3)29-28-31(34)35-16-36-32(28)40(38-29)18(2)30-27(19-7-6-8-21(33)13-19)24(15-41)23-9-4-5-10-26(23)42-30/h4-16,18,24H,1-3H3,(H2,34,35,36). The van der Waals surface area contributed by atoms with Crippen LogP contribution in [0, 0.1) is 12.7 Å². The number of aldehydes is 1. The van der Waals surface area contributed by atoms with Gasteiger partial charge in [-0.3, -0.25) is 4.68 Å². The minimum atomic E-state index is -0.676. The van der Waals surface area contributed by atoms with Crippen LogP contribution in [0.2, 0.25) is 0 Å². The van der Waals surface area contributed by atoms with Crippen molar-refractivity contribution in [1.82, 2.24) is 29.5 Å². The fraction of sp³-hybridized carbons (Fsp3) is 0.156. The molecule has 6 aromatic rings. The SMILES string of the molecule is Cc1c2ccc(-c3nn(C(C)C4=C(c5cccc(F)c5)C(C=O)c5ccccc5O4)c4ncnc(N)c34)cc2nn1C. The van der Waals surface area contributed by atoms with Gasteiger partial charge in [0.05, 0.1) is 16.8 Å². The van der Waals surface area contributed by atoms with Crippen molar-refractivity contribution < 1.29 is 13.9 Å². The Morgan fingerprint density at radius 1 is 1.02 bits per heavy atom. The van der Waals surface area contributed by atoms with Crippen molar-refractivity contribution in [3.05, 3.63) is 101 Å². The minimum absolute atomic E-state index is 0.283. The van der Waals surface area contributed by atoms with Gasteiger partial charge in [0.15, 0.2) is 5.65 Å². The van der Waals surface area contributed by atoms with Crippen molar-refractivity contribution in [3.8, 4) is 17.0 Å². The molecule has 0 amide bonds. The lowest BCUT2D eigenvalue weighted by atomic mass is 9.83. The van der Waals surface area contributed by atoms with Crippen molar-refractivity contribution in [2.45, 2.75) is 25.8 Å². The van der Waals surface area contributed by atoms with Gasteiger partial charge in [0.25, 0.3) is 0 Å². The average Bonchev–Trinajstić information content (AvgIpc) is 3.53. The molecular weight excluding hydrogens is 533 g/mol. The molecule has 208 valence electrons. The largest absolute Gasteiger partial charge is 0.459 e. The fourth-order valence-electron chi connectivity index (χ4n) is 5.80. The Balaban J connectivity index is 1.46. The number of hydrogen-bond donors (Lipinski definition) is 1. The predicted molar refractivity (Wildman–Crippen MR) is 158 cm³/mol. The first-order valence-electron chi connectivity index (χ1n) is 13.5. The maximum atomic E-state index is 14.5. The lowest BCUT2D eigenvalue weighted by Gasteiger charge is -2.31. The van der Waals surface area contributed by atoms with Crippen LogP contribution in [0.3, 0.4) is 0 Å². The number of aryl methyl sites for hydroxylation is 2. The summed E-state index contributed by atoms with van der Waals surface area (Å²) in [4.78, 5) is 21.4. The first kappa shape index (κ1) is 25.6. The zero-order valence-corrected chi connectivity index (χ0v) is 23.1. The number of benzene rings is 3. The van der Waals surface area contributed by atoms with E-state index >= 15 is 0 Å². The van der Waals surface area contributed by atoms with Crippen LogP contribution < -0.4 is 10.5 Å². The first-order valence-corrected chi connectivity index (χ1v) is 13.5. The van der Waals surface area contributed by atoms with Gasteiger partial charge in [-0.25, -0.2) is 19.0 Å². The Morgan fingerprint density at radius 3 is 2.67 bits per heavy atom. The zero-order chi connectivity index (χ0) is 29.1. The number of ether oxygens (including phenoxy) is 1. The molecule has 1 aliphatic heterocycles. The second-order valence-corrected chi connectivity index (χ2v) is 10.4. The molecule has 7 rings (SSSR count). The van der Waals surface area contributed by atoms with Gasteiger partial charge in [0, 0.05) is 34.8 Å². The van der Waals surface area contributed by atoms with E-state index in [9.17, 15) is 9.18 Å². The lowest BCUT2D eigenvalue weighted by molar-refractivity contribution is -0.108. The Kier molecular flexibility index (Phi) is 5.86. The number of carbonyl (C=O) groups excluding carboxylic acids is 1. The van der Waals surface area contributed by atoms with E-state index in [1.54, 1.807) is 16.8 Å². The van der Waals surface area contributed by atoms with Gasteiger partial charge in [0.1, 0.15) is 47.5 Å². The topological polar surface area (TPSA) is 114 Å². The van der Waals surface area contributed by atoms with Crippen LogP contribution in [-0.4, -0.2) is 35.8 Å². The summed E-state index contributed by atoms with van der Waals surface area (Å²) in [7, 11) is 1.91. The van der Waals surface area contributed by atoms with Crippen LogP contribution in [0.4, 0.5) is 10.2 Å². The number of allylic oxidation sites excluding steroid dienone is 2. The lowest BCUT2D eigenvalue weighted by Crippen LogP contribution is -2.23. The zero-order valence-electron chi connectivity index (χ0n) is 23.1. The molecule has 3 aromatic carbocycles.